The van der Waals surface area contributed by atoms with Crippen molar-refractivity contribution < 1.29 is 9.53 Å². The zero-order valence-corrected chi connectivity index (χ0v) is 15.0. The molecule has 0 spiro atoms. The summed E-state index contributed by atoms with van der Waals surface area (Å²) in [5.74, 6) is 0.376. The topological polar surface area (TPSA) is 91.0 Å². The summed E-state index contributed by atoms with van der Waals surface area (Å²) in [6, 6.07) is 1.77. The highest BCUT2D eigenvalue weighted by molar-refractivity contribution is 7.16. The average molecular weight is 346 g/mol. The number of aromatic nitrogens is 3. The van der Waals surface area contributed by atoms with Gasteiger partial charge in [-0.2, -0.15) is 0 Å². The predicted octanol–water partition coefficient (Wildman–Crippen LogP) is 3.06. The molecule has 0 radical (unpaired) electrons. The number of hydrogen-bond donors (Lipinski definition) is 1. The van der Waals surface area contributed by atoms with Crippen LogP contribution in [-0.4, -0.2) is 33.1 Å². The zero-order chi connectivity index (χ0) is 17.6. The van der Waals surface area contributed by atoms with Crippen molar-refractivity contribution in [2.45, 2.75) is 39.2 Å². The van der Waals surface area contributed by atoms with Gasteiger partial charge >= 0.3 is 5.97 Å². The number of thiazole rings is 1. The van der Waals surface area contributed by atoms with E-state index in [-0.39, 0.29) is 12.4 Å². The van der Waals surface area contributed by atoms with Crippen molar-refractivity contribution in [3.63, 3.8) is 0 Å². The quantitative estimate of drug-likeness (QED) is 0.808. The molecule has 0 atom stereocenters. The summed E-state index contributed by atoms with van der Waals surface area (Å²) < 4.78 is 5.32. The number of ether oxygens (including phenoxy) is 1. The van der Waals surface area contributed by atoms with Crippen molar-refractivity contribution in [2.75, 3.05) is 6.54 Å². The molecule has 0 aromatic carbocycles. The molecule has 2 aromatic heterocycles. The Morgan fingerprint density at radius 1 is 1.29 bits per heavy atom. The highest BCUT2D eigenvalue weighted by Gasteiger charge is 2.16. The third-order valence-corrected chi connectivity index (χ3v) is 3.98. The Balaban J connectivity index is 2.14. The van der Waals surface area contributed by atoms with E-state index in [1.54, 1.807) is 24.7 Å². The lowest BCUT2D eigenvalue weighted by atomic mass is 10.1. The second kappa shape index (κ2) is 8.12. The van der Waals surface area contributed by atoms with Crippen LogP contribution >= 0.6 is 11.3 Å². The summed E-state index contributed by atoms with van der Waals surface area (Å²) in [5.41, 5.74) is 6.14. The molecule has 128 valence electrons. The Bertz CT molecular complexity index is 705. The first-order chi connectivity index (χ1) is 11.4. The Kier molecular flexibility index (Phi) is 6.16. The molecule has 0 aliphatic carbocycles. The van der Waals surface area contributed by atoms with Crippen LogP contribution in [0.2, 0.25) is 0 Å². The van der Waals surface area contributed by atoms with E-state index >= 15 is 0 Å². The van der Waals surface area contributed by atoms with Crippen molar-refractivity contribution in [2.24, 2.45) is 5.73 Å². The lowest BCUT2D eigenvalue weighted by molar-refractivity contribution is -0.153. The van der Waals surface area contributed by atoms with Crippen molar-refractivity contribution in [3.8, 4) is 10.7 Å². The van der Waals surface area contributed by atoms with E-state index in [2.05, 4.69) is 15.0 Å². The van der Waals surface area contributed by atoms with Gasteiger partial charge in [-0.25, -0.2) is 15.0 Å². The average Bonchev–Trinajstić information content (AvgIpc) is 3.00. The molecule has 0 saturated carbocycles. The number of carbonyl (C=O) groups is 1. The van der Waals surface area contributed by atoms with Gasteiger partial charge in [0.15, 0.2) is 5.82 Å². The maximum Gasteiger partial charge on any atom is 0.310 e. The van der Waals surface area contributed by atoms with E-state index in [1.807, 2.05) is 26.8 Å². The van der Waals surface area contributed by atoms with Gasteiger partial charge in [-0.05, 0) is 45.4 Å². The van der Waals surface area contributed by atoms with E-state index in [4.69, 9.17) is 10.5 Å². The third kappa shape index (κ3) is 5.50. The summed E-state index contributed by atoms with van der Waals surface area (Å²) in [6.45, 7) is 6.03. The number of esters is 1. The fourth-order valence-corrected chi connectivity index (χ4v) is 2.93. The van der Waals surface area contributed by atoms with Gasteiger partial charge < -0.3 is 10.5 Å². The molecular formula is C17H22N4O2S. The highest BCUT2D eigenvalue weighted by Crippen LogP contribution is 2.29. The van der Waals surface area contributed by atoms with Gasteiger partial charge in [-0.1, -0.05) is 6.08 Å². The lowest BCUT2D eigenvalue weighted by Gasteiger charge is -2.19. The van der Waals surface area contributed by atoms with Gasteiger partial charge in [0.1, 0.15) is 10.6 Å². The predicted molar refractivity (Wildman–Crippen MR) is 95.3 cm³/mol. The van der Waals surface area contributed by atoms with Crippen LogP contribution in [-0.2, 0) is 9.53 Å². The lowest BCUT2D eigenvalue weighted by Crippen LogP contribution is -2.23. The summed E-state index contributed by atoms with van der Waals surface area (Å²) in [4.78, 5) is 25.6. The molecule has 0 aliphatic heterocycles. The first-order valence-corrected chi connectivity index (χ1v) is 8.55. The van der Waals surface area contributed by atoms with Crippen LogP contribution in [0.5, 0.6) is 0 Å². The monoisotopic (exact) mass is 346 g/mol. The van der Waals surface area contributed by atoms with Crippen molar-refractivity contribution in [1.82, 2.24) is 15.0 Å². The highest BCUT2D eigenvalue weighted by atomic mass is 32.1. The third-order valence-electron chi connectivity index (χ3n) is 2.92. The Hall–Kier alpha value is -2.12. The largest absolute Gasteiger partial charge is 0.460 e. The SMILES string of the molecule is CC(C)(C)OC(=O)C/C=C(\CCN)c1ncc(-c2ncccn2)s1. The molecule has 0 fully saturated rings. The molecule has 0 aliphatic rings. The first-order valence-electron chi connectivity index (χ1n) is 7.73. The maximum absolute atomic E-state index is 11.9. The van der Waals surface area contributed by atoms with Crippen molar-refractivity contribution in [1.29, 1.82) is 0 Å². The standard InChI is InChI=1S/C17H22N4O2S/c1-17(2,3)23-14(22)6-5-12(7-8-18)16-21-11-13(24-16)15-19-9-4-10-20-15/h4-5,9-11H,6-8,18H2,1-3H3/b12-5+. The molecule has 24 heavy (non-hydrogen) atoms. The maximum atomic E-state index is 11.9. The van der Waals surface area contributed by atoms with Gasteiger partial charge in [0.05, 0.1) is 11.3 Å². The molecule has 0 saturated heterocycles. The van der Waals surface area contributed by atoms with E-state index in [0.29, 0.717) is 18.8 Å². The minimum Gasteiger partial charge on any atom is -0.460 e. The summed E-state index contributed by atoms with van der Waals surface area (Å²) >= 11 is 1.49. The van der Waals surface area contributed by atoms with Crippen molar-refractivity contribution >= 4 is 22.9 Å². The van der Waals surface area contributed by atoms with Crippen LogP contribution in [0.1, 0.15) is 38.6 Å². The van der Waals surface area contributed by atoms with Gasteiger partial charge in [0.25, 0.3) is 0 Å². The Morgan fingerprint density at radius 3 is 2.62 bits per heavy atom. The number of hydrogen-bond acceptors (Lipinski definition) is 7. The van der Waals surface area contributed by atoms with Crippen molar-refractivity contribution in [3.05, 3.63) is 35.7 Å². The molecule has 2 rings (SSSR count). The van der Waals surface area contributed by atoms with Crippen LogP contribution in [0.3, 0.4) is 0 Å². The Morgan fingerprint density at radius 2 is 2.00 bits per heavy atom. The van der Waals surface area contributed by atoms with Gasteiger partial charge in [-0.3, -0.25) is 4.79 Å². The summed E-state index contributed by atoms with van der Waals surface area (Å²) in [6.07, 6.45) is 7.82. The van der Waals surface area contributed by atoms with Crippen LogP contribution in [0.4, 0.5) is 0 Å². The normalized spacial score (nSPS) is 12.2. The number of rotatable bonds is 6. The second-order valence-electron chi connectivity index (χ2n) is 6.16. The number of carbonyl (C=O) groups excluding carboxylic acids is 1. The zero-order valence-electron chi connectivity index (χ0n) is 14.2. The molecule has 2 N–H and O–H groups in total. The fourth-order valence-electron chi connectivity index (χ4n) is 1.99. The van der Waals surface area contributed by atoms with Crippen LogP contribution < -0.4 is 5.73 Å². The van der Waals surface area contributed by atoms with Crippen LogP contribution in [0, 0.1) is 0 Å². The van der Waals surface area contributed by atoms with E-state index < -0.39 is 5.60 Å². The molecule has 2 heterocycles. The molecule has 0 amide bonds. The minimum atomic E-state index is -0.488. The van der Waals surface area contributed by atoms with Gasteiger partial charge in [0, 0.05) is 18.6 Å². The van der Waals surface area contributed by atoms with Crippen LogP contribution in [0.15, 0.2) is 30.7 Å². The number of nitrogens with zero attached hydrogens (tertiary/aromatic N) is 3. The molecule has 7 heteroatoms. The molecule has 0 bridgehead atoms. The first kappa shape index (κ1) is 18.2. The van der Waals surface area contributed by atoms with E-state index in [9.17, 15) is 4.79 Å². The molecule has 0 unspecified atom stereocenters. The van der Waals surface area contributed by atoms with E-state index in [1.165, 1.54) is 11.3 Å². The van der Waals surface area contributed by atoms with Gasteiger partial charge in [0.2, 0.25) is 0 Å². The van der Waals surface area contributed by atoms with Crippen LogP contribution in [0.25, 0.3) is 16.3 Å². The molecular weight excluding hydrogens is 324 g/mol. The van der Waals surface area contributed by atoms with Gasteiger partial charge in [-0.15, -0.1) is 11.3 Å². The minimum absolute atomic E-state index is 0.198. The molecule has 2 aromatic rings. The fraction of sp³-hybridized carbons (Fsp3) is 0.412. The van der Waals surface area contributed by atoms with E-state index in [0.717, 1.165) is 15.5 Å². The Labute approximate surface area is 145 Å². The summed E-state index contributed by atoms with van der Waals surface area (Å²) in [5, 5.41) is 0.825. The molecule has 6 nitrogen and oxygen atoms in total. The smallest absolute Gasteiger partial charge is 0.310 e. The summed E-state index contributed by atoms with van der Waals surface area (Å²) in [7, 11) is 0. The second-order valence-corrected chi connectivity index (χ2v) is 7.19. The number of nitrogens with two attached hydrogens (primary N) is 1.